The van der Waals surface area contributed by atoms with Crippen molar-refractivity contribution in [3.63, 3.8) is 0 Å². The minimum absolute atomic E-state index is 0.0170. The Kier molecular flexibility index (Phi) is 3.59. The molecule has 112 valence electrons. The van der Waals surface area contributed by atoms with Gasteiger partial charge in [0.1, 0.15) is 0 Å². The largest absolute Gasteiger partial charge is 0.465 e. The molecule has 1 fully saturated rings. The lowest BCUT2D eigenvalue weighted by Gasteiger charge is -2.34. The summed E-state index contributed by atoms with van der Waals surface area (Å²) in [5, 5.41) is 13.7. The Morgan fingerprint density at radius 2 is 2.38 bits per heavy atom. The fourth-order valence-corrected chi connectivity index (χ4v) is 2.75. The van der Waals surface area contributed by atoms with Crippen LogP contribution in [0.3, 0.4) is 0 Å². The van der Waals surface area contributed by atoms with Gasteiger partial charge in [0.25, 0.3) is 0 Å². The number of carboxylic acid groups (broad SMARTS) is 1. The van der Waals surface area contributed by atoms with Crippen molar-refractivity contribution in [2.45, 2.75) is 31.7 Å². The fourth-order valence-electron chi connectivity index (χ4n) is 2.58. The zero-order valence-corrected chi connectivity index (χ0v) is 12.2. The van der Waals surface area contributed by atoms with E-state index in [1.54, 1.807) is 12.3 Å². The van der Waals surface area contributed by atoms with Crippen LogP contribution in [0.1, 0.15) is 31.6 Å². The van der Waals surface area contributed by atoms with E-state index in [1.807, 2.05) is 6.92 Å². The van der Waals surface area contributed by atoms with E-state index in [2.05, 4.69) is 15.1 Å². The molecule has 0 bridgehead atoms. The highest BCUT2D eigenvalue weighted by Crippen LogP contribution is 2.30. The van der Waals surface area contributed by atoms with E-state index in [1.165, 1.54) is 4.90 Å². The number of carbonyl (C=O) groups is 1. The van der Waals surface area contributed by atoms with Gasteiger partial charge < -0.3 is 19.5 Å². The van der Waals surface area contributed by atoms with Gasteiger partial charge in [0.2, 0.25) is 11.7 Å². The van der Waals surface area contributed by atoms with Crippen LogP contribution in [0, 0.1) is 0 Å². The molecule has 2 aromatic heterocycles. The molecule has 3 heterocycles. The monoisotopic (exact) mass is 310 g/mol. The second kappa shape index (κ2) is 5.40. The minimum Gasteiger partial charge on any atom is -0.465 e. The molecule has 1 saturated heterocycles. The van der Waals surface area contributed by atoms with Crippen LogP contribution in [-0.4, -0.2) is 43.8 Å². The number of rotatable bonds is 2. The predicted octanol–water partition coefficient (Wildman–Crippen LogP) is 2.96. The number of nitrogens with zero attached hydrogens (tertiary/aromatic N) is 3. The maximum Gasteiger partial charge on any atom is 0.407 e. The first-order valence-corrected chi connectivity index (χ1v) is 7.10. The van der Waals surface area contributed by atoms with E-state index in [0.717, 1.165) is 12.8 Å². The highest BCUT2D eigenvalue weighted by Gasteiger charge is 2.32. The van der Waals surface area contributed by atoms with Gasteiger partial charge in [0, 0.05) is 18.8 Å². The molecule has 1 aliphatic rings. The Labute approximate surface area is 125 Å². The second-order valence-corrected chi connectivity index (χ2v) is 5.68. The number of amides is 1. The first kappa shape index (κ1) is 13.9. The van der Waals surface area contributed by atoms with Crippen molar-refractivity contribution in [1.29, 1.82) is 0 Å². The standard InChI is InChI=1S/C13H15ClN4O3/c1-7-2-3-8(6-18(7)13(19)20)12-16-11(17-21-12)10-4-9(14)5-15-10/h4-5,7-8,15H,2-3,6H2,1H3,(H,19,20)/t7-,8+/m1/s1. The lowest BCUT2D eigenvalue weighted by Crippen LogP contribution is -2.44. The topological polar surface area (TPSA) is 95.3 Å². The summed E-state index contributed by atoms with van der Waals surface area (Å²) in [5.41, 5.74) is 0.675. The molecule has 7 nitrogen and oxygen atoms in total. The quantitative estimate of drug-likeness (QED) is 0.889. The van der Waals surface area contributed by atoms with Gasteiger partial charge in [0.15, 0.2) is 0 Å². The van der Waals surface area contributed by atoms with Gasteiger partial charge in [-0.25, -0.2) is 4.79 Å². The highest BCUT2D eigenvalue weighted by atomic mass is 35.5. The molecular weight excluding hydrogens is 296 g/mol. The van der Waals surface area contributed by atoms with E-state index in [4.69, 9.17) is 16.1 Å². The van der Waals surface area contributed by atoms with Crippen molar-refractivity contribution < 1.29 is 14.4 Å². The predicted molar refractivity (Wildman–Crippen MR) is 75.3 cm³/mol. The maximum atomic E-state index is 11.2. The molecule has 0 saturated carbocycles. The maximum absolute atomic E-state index is 11.2. The lowest BCUT2D eigenvalue weighted by molar-refractivity contribution is 0.100. The van der Waals surface area contributed by atoms with Crippen molar-refractivity contribution in [3.8, 4) is 11.5 Å². The number of hydrogen-bond donors (Lipinski definition) is 2. The number of hydrogen-bond acceptors (Lipinski definition) is 4. The van der Waals surface area contributed by atoms with Crippen LogP contribution in [0.25, 0.3) is 11.5 Å². The Morgan fingerprint density at radius 1 is 1.57 bits per heavy atom. The molecular formula is C13H15ClN4O3. The number of piperidine rings is 1. The number of aromatic amines is 1. The number of nitrogens with one attached hydrogen (secondary N) is 1. The fraction of sp³-hybridized carbons (Fsp3) is 0.462. The van der Waals surface area contributed by atoms with Crippen LogP contribution in [0.4, 0.5) is 4.79 Å². The molecule has 1 aliphatic heterocycles. The Bertz CT molecular complexity index is 653. The Balaban J connectivity index is 1.78. The Morgan fingerprint density at radius 3 is 3.05 bits per heavy atom. The van der Waals surface area contributed by atoms with Crippen molar-refractivity contribution in [2.24, 2.45) is 0 Å². The van der Waals surface area contributed by atoms with Crippen molar-refractivity contribution in [3.05, 3.63) is 23.2 Å². The summed E-state index contributed by atoms with van der Waals surface area (Å²) in [6.45, 7) is 2.29. The van der Waals surface area contributed by atoms with Gasteiger partial charge in [-0.05, 0) is 25.8 Å². The highest BCUT2D eigenvalue weighted by molar-refractivity contribution is 6.30. The molecule has 0 aromatic carbocycles. The zero-order chi connectivity index (χ0) is 15.0. The van der Waals surface area contributed by atoms with Crippen LogP contribution in [0.2, 0.25) is 5.02 Å². The molecule has 3 rings (SSSR count). The SMILES string of the molecule is C[C@@H]1CC[C@H](c2nc(-c3cc(Cl)c[nH]3)no2)CN1C(=O)O. The van der Waals surface area contributed by atoms with Gasteiger partial charge in [-0.3, -0.25) is 0 Å². The van der Waals surface area contributed by atoms with Crippen LogP contribution in [-0.2, 0) is 0 Å². The first-order chi connectivity index (χ1) is 10.0. The summed E-state index contributed by atoms with van der Waals surface area (Å²) in [5.74, 6) is 0.829. The van der Waals surface area contributed by atoms with Crippen LogP contribution in [0.5, 0.6) is 0 Å². The third-order valence-electron chi connectivity index (χ3n) is 3.81. The summed E-state index contributed by atoms with van der Waals surface area (Å²) < 4.78 is 5.29. The zero-order valence-electron chi connectivity index (χ0n) is 11.4. The summed E-state index contributed by atoms with van der Waals surface area (Å²) in [7, 11) is 0. The number of H-pyrrole nitrogens is 1. The summed E-state index contributed by atoms with van der Waals surface area (Å²) in [4.78, 5) is 19.9. The first-order valence-electron chi connectivity index (χ1n) is 6.72. The lowest BCUT2D eigenvalue weighted by atomic mass is 9.94. The van der Waals surface area contributed by atoms with Gasteiger partial charge >= 0.3 is 6.09 Å². The minimum atomic E-state index is -0.914. The van der Waals surface area contributed by atoms with E-state index >= 15 is 0 Å². The third kappa shape index (κ3) is 2.73. The van der Waals surface area contributed by atoms with E-state index in [-0.39, 0.29) is 12.0 Å². The average Bonchev–Trinajstić information content (AvgIpc) is 3.07. The van der Waals surface area contributed by atoms with Crippen LogP contribution in [0.15, 0.2) is 16.8 Å². The van der Waals surface area contributed by atoms with Crippen LogP contribution < -0.4 is 0 Å². The van der Waals surface area contributed by atoms with Gasteiger partial charge in [-0.15, -0.1) is 0 Å². The van der Waals surface area contributed by atoms with E-state index in [0.29, 0.717) is 29.0 Å². The van der Waals surface area contributed by atoms with Gasteiger partial charge in [-0.2, -0.15) is 4.98 Å². The summed E-state index contributed by atoms with van der Waals surface area (Å²) in [6, 6.07) is 1.73. The Hall–Kier alpha value is -2.02. The molecule has 2 atom stereocenters. The van der Waals surface area contributed by atoms with Crippen molar-refractivity contribution in [2.75, 3.05) is 6.54 Å². The van der Waals surface area contributed by atoms with Crippen LogP contribution >= 0.6 is 11.6 Å². The molecule has 1 amide bonds. The second-order valence-electron chi connectivity index (χ2n) is 5.25. The number of likely N-dealkylation sites (tertiary alicyclic amines) is 1. The summed E-state index contributed by atoms with van der Waals surface area (Å²) in [6.07, 6.45) is 2.34. The summed E-state index contributed by atoms with van der Waals surface area (Å²) >= 11 is 5.85. The number of halogens is 1. The molecule has 0 unspecified atom stereocenters. The van der Waals surface area contributed by atoms with Crippen molar-refractivity contribution in [1.82, 2.24) is 20.0 Å². The molecule has 0 aliphatic carbocycles. The molecule has 2 aromatic rings. The normalized spacial score (nSPS) is 22.5. The molecule has 8 heteroatoms. The molecule has 0 spiro atoms. The van der Waals surface area contributed by atoms with Gasteiger partial charge in [-0.1, -0.05) is 16.8 Å². The average molecular weight is 311 g/mol. The molecule has 0 radical (unpaired) electrons. The third-order valence-corrected chi connectivity index (χ3v) is 4.03. The van der Waals surface area contributed by atoms with E-state index < -0.39 is 6.09 Å². The molecule has 21 heavy (non-hydrogen) atoms. The molecule has 2 N–H and O–H groups in total. The number of aromatic nitrogens is 3. The van der Waals surface area contributed by atoms with Gasteiger partial charge in [0.05, 0.1) is 16.6 Å². The van der Waals surface area contributed by atoms with E-state index in [9.17, 15) is 9.90 Å². The smallest absolute Gasteiger partial charge is 0.407 e. The van der Waals surface area contributed by atoms with Crippen molar-refractivity contribution >= 4 is 17.7 Å².